The first-order valence-corrected chi connectivity index (χ1v) is 7.40. The molecule has 0 radical (unpaired) electrons. The summed E-state index contributed by atoms with van der Waals surface area (Å²) in [6.45, 7) is 4.39. The lowest BCUT2D eigenvalue weighted by molar-refractivity contribution is -0.115. The summed E-state index contributed by atoms with van der Waals surface area (Å²) in [5.74, 6) is 0.628. The molecule has 0 saturated carbocycles. The number of benzene rings is 1. The topological polar surface area (TPSA) is 108 Å². The smallest absolute Gasteiger partial charge is 0.248 e. The molecule has 1 aliphatic rings. The second-order valence-electron chi connectivity index (χ2n) is 5.26. The van der Waals surface area contributed by atoms with E-state index in [2.05, 4.69) is 20.8 Å². The van der Waals surface area contributed by atoms with Gasteiger partial charge in [-0.3, -0.25) is 4.79 Å². The summed E-state index contributed by atoms with van der Waals surface area (Å²) in [6.07, 6.45) is 0.883. The fourth-order valence-electron chi connectivity index (χ4n) is 2.67. The van der Waals surface area contributed by atoms with Gasteiger partial charge in [0.05, 0.1) is 12.2 Å². The molecule has 1 amide bonds. The van der Waals surface area contributed by atoms with E-state index in [4.69, 9.17) is 10.5 Å². The van der Waals surface area contributed by atoms with Gasteiger partial charge in [-0.15, -0.1) is 0 Å². The Morgan fingerprint density at radius 3 is 2.96 bits per heavy atom. The van der Waals surface area contributed by atoms with E-state index in [0.717, 1.165) is 12.0 Å². The van der Waals surface area contributed by atoms with Gasteiger partial charge in [-0.1, -0.05) is 30.2 Å². The van der Waals surface area contributed by atoms with E-state index in [1.807, 2.05) is 31.2 Å². The second kappa shape index (κ2) is 6.07. The average molecular weight is 314 g/mol. The first kappa shape index (κ1) is 15.0. The number of allylic oxidation sites excluding steroid dienone is 1. The molecule has 0 unspecified atom stereocenters. The predicted molar refractivity (Wildman–Crippen MR) is 83.7 cm³/mol. The first-order valence-electron chi connectivity index (χ1n) is 7.40. The van der Waals surface area contributed by atoms with Crippen molar-refractivity contribution in [2.24, 2.45) is 5.73 Å². The van der Waals surface area contributed by atoms with Gasteiger partial charge in [0.1, 0.15) is 11.8 Å². The number of carbonyl (C=O) groups excluding carboxylic acids is 1. The summed E-state index contributed by atoms with van der Waals surface area (Å²) in [4.78, 5) is 12.0. The van der Waals surface area contributed by atoms with E-state index in [-0.39, 0.29) is 0 Å². The van der Waals surface area contributed by atoms with Crippen LogP contribution in [-0.2, 0) is 4.79 Å². The number of nitrogens with one attached hydrogen (secondary N) is 1. The van der Waals surface area contributed by atoms with Crippen molar-refractivity contribution in [1.29, 1.82) is 0 Å². The summed E-state index contributed by atoms with van der Waals surface area (Å²) in [7, 11) is 0. The summed E-state index contributed by atoms with van der Waals surface area (Å²) >= 11 is 0. The Labute approximate surface area is 133 Å². The Hall–Kier alpha value is -2.90. The Bertz CT molecular complexity index is 767. The van der Waals surface area contributed by atoms with Crippen LogP contribution in [-0.4, -0.2) is 32.7 Å². The van der Waals surface area contributed by atoms with Crippen LogP contribution < -0.4 is 15.8 Å². The van der Waals surface area contributed by atoms with Crippen LogP contribution in [0.4, 0.5) is 5.95 Å². The molecule has 1 aliphatic heterocycles. The van der Waals surface area contributed by atoms with E-state index in [0.29, 0.717) is 29.6 Å². The molecule has 0 saturated heterocycles. The SMILES string of the molecule is CCCOc1ccccc1[C@H]1C(C(N)=O)=C(C)Nc2nnnn21. The fourth-order valence-corrected chi connectivity index (χ4v) is 2.67. The number of primary amides is 1. The van der Waals surface area contributed by atoms with Crippen LogP contribution in [0.3, 0.4) is 0 Å². The lowest BCUT2D eigenvalue weighted by Gasteiger charge is -2.28. The Morgan fingerprint density at radius 1 is 1.43 bits per heavy atom. The van der Waals surface area contributed by atoms with Gasteiger partial charge in [-0.05, 0) is 29.8 Å². The molecule has 8 nitrogen and oxygen atoms in total. The van der Waals surface area contributed by atoms with E-state index in [1.165, 1.54) is 0 Å². The largest absolute Gasteiger partial charge is 0.493 e. The lowest BCUT2D eigenvalue weighted by atomic mass is 9.94. The molecule has 1 aromatic carbocycles. The molecule has 8 heteroatoms. The maximum absolute atomic E-state index is 12.0. The number of carbonyl (C=O) groups is 1. The molecule has 120 valence electrons. The first-order chi connectivity index (χ1) is 11.1. The van der Waals surface area contributed by atoms with Gasteiger partial charge in [0.15, 0.2) is 0 Å². The average Bonchev–Trinajstić information content (AvgIpc) is 2.99. The van der Waals surface area contributed by atoms with Gasteiger partial charge < -0.3 is 15.8 Å². The number of hydrogen-bond donors (Lipinski definition) is 2. The van der Waals surface area contributed by atoms with E-state index >= 15 is 0 Å². The molecule has 0 bridgehead atoms. The van der Waals surface area contributed by atoms with Gasteiger partial charge in [-0.2, -0.15) is 4.68 Å². The molecule has 0 spiro atoms. The van der Waals surface area contributed by atoms with Crippen LogP contribution >= 0.6 is 0 Å². The molecular weight excluding hydrogens is 296 g/mol. The number of rotatable bonds is 5. The number of nitrogens with two attached hydrogens (primary N) is 1. The third-order valence-electron chi connectivity index (χ3n) is 3.65. The number of nitrogens with zero attached hydrogens (tertiary/aromatic N) is 4. The normalized spacial score (nSPS) is 16.7. The number of amides is 1. The Kier molecular flexibility index (Phi) is 3.96. The molecular formula is C15H18N6O2. The summed E-state index contributed by atoms with van der Waals surface area (Å²) in [5.41, 5.74) is 7.45. The lowest BCUT2D eigenvalue weighted by Crippen LogP contribution is -2.32. The van der Waals surface area contributed by atoms with Crippen LogP contribution in [0.1, 0.15) is 31.9 Å². The summed E-state index contributed by atoms with van der Waals surface area (Å²) in [5, 5.41) is 14.6. The van der Waals surface area contributed by atoms with Gasteiger partial charge >= 0.3 is 0 Å². The number of ether oxygens (including phenoxy) is 1. The van der Waals surface area contributed by atoms with Crippen molar-refractivity contribution in [3.05, 3.63) is 41.1 Å². The molecule has 2 aromatic rings. The van der Waals surface area contributed by atoms with Gasteiger partial charge in [-0.25, -0.2) is 0 Å². The number of tetrazole rings is 1. The molecule has 1 atom stereocenters. The van der Waals surface area contributed by atoms with Crippen molar-refractivity contribution in [2.75, 3.05) is 11.9 Å². The highest BCUT2D eigenvalue weighted by Crippen LogP contribution is 2.38. The molecule has 2 heterocycles. The van der Waals surface area contributed by atoms with E-state index < -0.39 is 11.9 Å². The van der Waals surface area contributed by atoms with Crippen molar-refractivity contribution in [3.8, 4) is 5.75 Å². The van der Waals surface area contributed by atoms with Crippen molar-refractivity contribution in [2.45, 2.75) is 26.3 Å². The molecule has 3 N–H and O–H groups in total. The zero-order chi connectivity index (χ0) is 16.4. The highest BCUT2D eigenvalue weighted by atomic mass is 16.5. The maximum atomic E-state index is 12.0. The summed E-state index contributed by atoms with van der Waals surface area (Å²) in [6, 6.07) is 7.00. The van der Waals surface area contributed by atoms with Crippen LogP contribution in [0.15, 0.2) is 35.5 Å². The molecule has 0 aliphatic carbocycles. The molecule has 0 fully saturated rings. The van der Waals surface area contributed by atoms with Crippen LogP contribution in [0.5, 0.6) is 5.75 Å². The number of anilines is 1. The number of para-hydroxylation sites is 1. The Balaban J connectivity index is 2.15. The zero-order valence-electron chi connectivity index (χ0n) is 13.0. The van der Waals surface area contributed by atoms with Crippen LogP contribution in [0, 0.1) is 0 Å². The van der Waals surface area contributed by atoms with Gasteiger partial charge in [0, 0.05) is 11.3 Å². The van der Waals surface area contributed by atoms with Crippen molar-refractivity contribution in [3.63, 3.8) is 0 Å². The quantitative estimate of drug-likeness (QED) is 0.859. The van der Waals surface area contributed by atoms with Gasteiger partial charge in [0.2, 0.25) is 11.9 Å². The monoisotopic (exact) mass is 314 g/mol. The van der Waals surface area contributed by atoms with Crippen molar-refractivity contribution < 1.29 is 9.53 Å². The minimum atomic E-state index is -0.522. The predicted octanol–water partition coefficient (Wildman–Crippen LogP) is 1.24. The van der Waals surface area contributed by atoms with Crippen molar-refractivity contribution >= 4 is 11.9 Å². The third-order valence-corrected chi connectivity index (χ3v) is 3.65. The molecule has 23 heavy (non-hydrogen) atoms. The highest BCUT2D eigenvalue weighted by molar-refractivity contribution is 5.95. The second-order valence-corrected chi connectivity index (χ2v) is 5.26. The van der Waals surface area contributed by atoms with E-state index in [9.17, 15) is 4.79 Å². The number of hydrogen-bond acceptors (Lipinski definition) is 6. The molecule has 1 aromatic heterocycles. The minimum absolute atomic E-state index is 0.414. The van der Waals surface area contributed by atoms with Crippen molar-refractivity contribution in [1.82, 2.24) is 20.2 Å². The number of aromatic nitrogens is 4. The van der Waals surface area contributed by atoms with E-state index in [1.54, 1.807) is 11.6 Å². The van der Waals surface area contributed by atoms with Crippen LogP contribution in [0.25, 0.3) is 0 Å². The van der Waals surface area contributed by atoms with Crippen LogP contribution in [0.2, 0.25) is 0 Å². The standard InChI is InChI=1S/C15H18N6O2/c1-3-8-23-11-7-5-4-6-10(11)13-12(14(16)22)9(2)17-15-18-19-20-21(13)15/h4-7,13H,3,8H2,1-2H3,(H2,16,22)(H,17,18,20)/t13-/m0/s1. The number of fused-ring (bicyclic) bond motifs is 1. The Morgan fingerprint density at radius 2 is 2.22 bits per heavy atom. The zero-order valence-corrected chi connectivity index (χ0v) is 13.0. The third kappa shape index (κ3) is 2.63. The minimum Gasteiger partial charge on any atom is -0.493 e. The summed E-state index contributed by atoms with van der Waals surface area (Å²) < 4.78 is 7.36. The molecule has 3 rings (SSSR count). The maximum Gasteiger partial charge on any atom is 0.248 e. The van der Waals surface area contributed by atoms with Gasteiger partial charge in [0.25, 0.3) is 0 Å². The fraction of sp³-hybridized carbons (Fsp3) is 0.333. The highest BCUT2D eigenvalue weighted by Gasteiger charge is 2.34.